The first-order valence-corrected chi connectivity index (χ1v) is 6.63. The van der Waals surface area contributed by atoms with Crippen LogP contribution in [0.4, 0.5) is 5.82 Å². The number of amides is 1. The highest BCUT2D eigenvalue weighted by Crippen LogP contribution is 2.09. The van der Waals surface area contributed by atoms with E-state index in [1.807, 2.05) is 0 Å². The van der Waals surface area contributed by atoms with Crippen molar-refractivity contribution in [1.29, 1.82) is 5.41 Å². The van der Waals surface area contributed by atoms with Crippen molar-refractivity contribution in [3.8, 4) is 0 Å². The molecule has 0 radical (unpaired) electrons. The molecule has 0 spiro atoms. The van der Waals surface area contributed by atoms with E-state index in [1.54, 1.807) is 24.0 Å². The summed E-state index contributed by atoms with van der Waals surface area (Å²) in [5.74, 6) is -2.17. The van der Waals surface area contributed by atoms with Crippen LogP contribution < -0.4 is 15.7 Å². The molecular weight excluding hydrogens is 286 g/mol. The number of Topliss-reactive ketones (excluding diaryl/α,β-unsaturated/α-hetero) is 1. The van der Waals surface area contributed by atoms with Gasteiger partial charge in [-0.2, -0.15) is 0 Å². The quantitative estimate of drug-likeness (QED) is 0.273. The van der Waals surface area contributed by atoms with Crippen LogP contribution in [0.5, 0.6) is 0 Å². The third-order valence-electron chi connectivity index (χ3n) is 2.68. The van der Waals surface area contributed by atoms with Gasteiger partial charge in [0.2, 0.25) is 5.82 Å². The molecule has 3 N–H and O–H groups in total. The van der Waals surface area contributed by atoms with Gasteiger partial charge in [-0.1, -0.05) is 12.2 Å². The maximum atomic E-state index is 12.0. The van der Waals surface area contributed by atoms with Gasteiger partial charge in [0.25, 0.3) is 11.7 Å². The number of hydrogen-bond acceptors (Lipinski definition) is 6. The van der Waals surface area contributed by atoms with Gasteiger partial charge >= 0.3 is 0 Å². The number of hydrogen-bond donors (Lipinski definition) is 3. The Morgan fingerprint density at radius 3 is 2.55 bits per heavy atom. The van der Waals surface area contributed by atoms with Crippen molar-refractivity contribution in [2.24, 2.45) is 0 Å². The summed E-state index contributed by atoms with van der Waals surface area (Å²) in [7, 11) is 0. The zero-order valence-electron chi connectivity index (χ0n) is 12.4. The van der Waals surface area contributed by atoms with Gasteiger partial charge < -0.3 is 15.4 Å². The summed E-state index contributed by atoms with van der Waals surface area (Å²) in [6.45, 7) is 9.98. The van der Waals surface area contributed by atoms with E-state index >= 15 is 0 Å². The first kappa shape index (κ1) is 17.2. The Balaban J connectivity index is 3.32. The molecule has 0 saturated carbocycles. The Labute approximate surface area is 127 Å². The highest BCUT2D eigenvalue weighted by molar-refractivity contribution is 6.41. The van der Waals surface area contributed by atoms with Crippen LogP contribution in [-0.2, 0) is 4.79 Å². The van der Waals surface area contributed by atoms with Crippen molar-refractivity contribution in [1.82, 2.24) is 15.0 Å². The van der Waals surface area contributed by atoms with E-state index in [0.717, 1.165) is 0 Å². The van der Waals surface area contributed by atoms with Crippen LogP contribution in [0.1, 0.15) is 17.5 Å². The van der Waals surface area contributed by atoms with Crippen molar-refractivity contribution >= 4 is 17.5 Å². The number of aromatic nitrogens is 2. The van der Waals surface area contributed by atoms with Crippen LogP contribution in [0.3, 0.4) is 0 Å². The summed E-state index contributed by atoms with van der Waals surface area (Å²) < 4.78 is 0.279. The van der Waals surface area contributed by atoms with E-state index in [4.69, 9.17) is 5.41 Å². The average Bonchev–Trinajstić information content (AvgIpc) is 2.49. The van der Waals surface area contributed by atoms with Crippen LogP contribution in [0, 0.1) is 5.41 Å². The highest BCUT2D eigenvalue weighted by atomic mass is 16.5. The monoisotopic (exact) mass is 305 g/mol. The maximum Gasteiger partial charge on any atom is 0.295 e. The lowest BCUT2D eigenvalue weighted by Crippen LogP contribution is -2.37. The van der Waals surface area contributed by atoms with E-state index < -0.39 is 17.5 Å². The lowest BCUT2D eigenvalue weighted by Gasteiger charge is -2.21. The standard InChI is InChI=1S/C14H19N5O3/c1-4-7-18(8-5-2)11-9-10(15)19(22)13(17-11)12(20)14(21)16-6-3/h4-5,9,15,22H,1-2,6-8H2,3H3,(H,16,21). The molecule has 0 atom stereocenters. The normalized spacial score (nSPS) is 9.86. The molecule has 0 aliphatic carbocycles. The number of rotatable bonds is 8. The second kappa shape index (κ2) is 7.77. The number of carbonyl (C=O) groups excluding carboxylic acids is 2. The van der Waals surface area contributed by atoms with Crippen molar-refractivity contribution in [3.05, 3.63) is 42.7 Å². The number of likely N-dealkylation sites (N-methyl/N-ethyl adjacent to an activating group) is 1. The summed E-state index contributed by atoms with van der Waals surface area (Å²) in [5.41, 5.74) is -0.365. The molecule has 0 saturated heterocycles. The molecule has 118 valence electrons. The minimum atomic E-state index is -1.02. The average molecular weight is 305 g/mol. The summed E-state index contributed by atoms with van der Waals surface area (Å²) in [6, 6.07) is 1.28. The molecule has 0 unspecified atom stereocenters. The van der Waals surface area contributed by atoms with Gasteiger partial charge in [0, 0.05) is 25.7 Å². The maximum absolute atomic E-state index is 12.0. The van der Waals surface area contributed by atoms with Crippen LogP contribution in [-0.4, -0.2) is 46.2 Å². The van der Waals surface area contributed by atoms with Gasteiger partial charge in [-0.05, 0) is 6.92 Å². The molecule has 1 aromatic rings. The molecule has 1 rings (SSSR count). The van der Waals surface area contributed by atoms with E-state index in [0.29, 0.717) is 13.1 Å². The number of anilines is 1. The Bertz CT molecular complexity index is 640. The predicted octanol–water partition coefficient (Wildman–Crippen LogP) is 0.0971. The van der Waals surface area contributed by atoms with Crippen LogP contribution >= 0.6 is 0 Å². The van der Waals surface area contributed by atoms with Gasteiger partial charge in [0.05, 0.1) is 0 Å². The van der Waals surface area contributed by atoms with Crippen molar-refractivity contribution in [2.45, 2.75) is 6.92 Å². The summed E-state index contributed by atoms with van der Waals surface area (Å²) in [6.07, 6.45) is 3.25. The molecule has 0 aromatic carbocycles. The number of ketones is 1. The minimum Gasteiger partial charge on any atom is -0.425 e. The molecule has 0 fully saturated rings. The number of nitrogens with zero attached hydrogens (tertiary/aromatic N) is 3. The minimum absolute atomic E-state index is 0.266. The largest absolute Gasteiger partial charge is 0.425 e. The molecule has 1 heterocycles. The van der Waals surface area contributed by atoms with Crippen molar-refractivity contribution in [3.63, 3.8) is 0 Å². The fraction of sp³-hybridized carbons (Fsp3) is 0.286. The second-order valence-electron chi connectivity index (χ2n) is 4.31. The van der Waals surface area contributed by atoms with Crippen LogP contribution in [0.15, 0.2) is 31.4 Å². The zero-order chi connectivity index (χ0) is 16.7. The predicted molar refractivity (Wildman–Crippen MR) is 80.9 cm³/mol. The van der Waals surface area contributed by atoms with E-state index in [-0.39, 0.29) is 22.6 Å². The van der Waals surface area contributed by atoms with Gasteiger partial charge in [-0.3, -0.25) is 15.0 Å². The number of carbonyl (C=O) groups is 2. The molecule has 1 aromatic heterocycles. The van der Waals surface area contributed by atoms with Crippen LogP contribution in [0.25, 0.3) is 0 Å². The summed E-state index contributed by atoms with van der Waals surface area (Å²) >= 11 is 0. The summed E-state index contributed by atoms with van der Waals surface area (Å²) in [5, 5.41) is 19.8. The molecule has 8 heteroatoms. The molecule has 0 aliphatic heterocycles. The third kappa shape index (κ3) is 3.81. The molecule has 8 nitrogen and oxygen atoms in total. The third-order valence-corrected chi connectivity index (χ3v) is 2.68. The number of nitrogens with one attached hydrogen (secondary N) is 2. The van der Waals surface area contributed by atoms with E-state index in [1.165, 1.54) is 6.07 Å². The summed E-state index contributed by atoms with van der Waals surface area (Å²) in [4.78, 5) is 29.3. The molecular formula is C14H19N5O3. The Hall–Kier alpha value is -2.90. The van der Waals surface area contributed by atoms with Crippen molar-refractivity contribution in [2.75, 3.05) is 24.5 Å². The first-order chi connectivity index (χ1) is 10.5. The van der Waals surface area contributed by atoms with Gasteiger partial charge in [-0.25, -0.2) is 4.98 Å². The van der Waals surface area contributed by atoms with Crippen molar-refractivity contribution < 1.29 is 14.8 Å². The SMILES string of the molecule is C=CCN(CC=C)c1cc(=N)n(O)c(C(=O)C(=O)NCC)n1. The van der Waals surface area contributed by atoms with Gasteiger partial charge in [-0.15, -0.1) is 17.9 Å². The fourth-order valence-electron chi connectivity index (χ4n) is 1.71. The van der Waals surface area contributed by atoms with E-state index in [2.05, 4.69) is 23.5 Å². The van der Waals surface area contributed by atoms with Crippen LogP contribution in [0.2, 0.25) is 0 Å². The smallest absolute Gasteiger partial charge is 0.295 e. The topological polar surface area (TPSA) is 111 Å². The lowest BCUT2D eigenvalue weighted by molar-refractivity contribution is -0.117. The molecule has 22 heavy (non-hydrogen) atoms. The molecule has 0 bridgehead atoms. The fourth-order valence-corrected chi connectivity index (χ4v) is 1.71. The highest BCUT2D eigenvalue weighted by Gasteiger charge is 2.23. The first-order valence-electron chi connectivity index (χ1n) is 6.63. The Morgan fingerprint density at radius 2 is 2.05 bits per heavy atom. The Morgan fingerprint density at radius 1 is 1.45 bits per heavy atom. The molecule has 0 aliphatic rings. The van der Waals surface area contributed by atoms with Gasteiger partial charge in [0.1, 0.15) is 5.82 Å². The van der Waals surface area contributed by atoms with E-state index in [9.17, 15) is 14.8 Å². The molecule has 1 amide bonds. The second-order valence-corrected chi connectivity index (χ2v) is 4.31. The zero-order valence-corrected chi connectivity index (χ0v) is 12.4. The lowest BCUT2D eigenvalue weighted by atomic mass is 10.3. The Kier molecular flexibility index (Phi) is 6.06. The van der Waals surface area contributed by atoms with Gasteiger partial charge in [0.15, 0.2) is 5.49 Å².